The molecule has 33 heavy (non-hydrogen) atoms. The summed E-state index contributed by atoms with van der Waals surface area (Å²) < 4.78 is 16.3. The first kappa shape index (κ1) is 23.0. The number of hydrogen-bond donors (Lipinski definition) is 0. The van der Waals surface area contributed by atoms with E-state index < -0.39 is 12.6 Å². The van der Waals surface area contributed by atoms with E-state index in [4.69, 9.17) is 14.2 Å². The Kier molecular flexibility index (Phi) is 7.10. The molecule has 0 radical (unpaired) electrons. The van der Waals surface area contributed by atoms with Gasteiger partial charge >= 0.3 is 5.97 Å². The van der Waals surface area contributed by atoms with Gasteiger partial charge in [0.25, 0.3) is 5.91 Å². The van der Waals surface area contributed by atoms with E-state index in [0.717, 1.165) is 15.5 Å². The van der Waals surface area contributed by atoms with Crippen LogP contribution in [0.2, 0.25) is 0 Å². The van der Waals surface area contributed by atoms with E-state index in [2.05, 4.69) is 5.10 Å². The van der Waals surface area contributed by atoms with Crippen LogP contribution < -0.4 is 9.47 Å². The van der Waals surface area contributed by atoms with Gasteiger partial charge in [-0.25, -0.2) is 9.80 Å². The van der Waals surface area contributed by atoms with Crippen molar-refractivity contribution in [3.8, 4) is 11.5 Å². The molecule has 172 valence electrons. The topological polar surface area (TPSA) is 77.4 Å². The maximum absolute atomic E-state index is 13.0. The predicted molar refractivity (Wildman–Crippen MR) is 128 cm³/mol. The molecule has 1 aliphatic rings. The number of nitrogens with zero attached hydrogens (tertiary/aromatic N) is 2. The molecule has 0 saturated heterocycles. The summed E-state index contributed by atoms with van der Waals surface area (Å²) in [5.74, 6) is -0.0366. The molecule has 0 saturated carbocycles. The zero-order valence-electron chi connectivity index (χ0n) is 18.5. The summed E-state index contributed by atoms with van der Waals surface area (Å²) in [5.41, 5.74) is 1.13. The molecular formula is C24H24N2O5S2. The summed E-state index contributed by atoms with van der Waals surface area (Å²) in [6.07, 6.45) is 0.584. The first-order chi connectivity index (χ1) is 16.0. The number of hydrogen-bond acceptors (Lipinski definition) is 8. The van der Waals surface area contributed by atoms with E-state index in [1.807, 2.05) is 48.9 Å². The van der Waals surface area contributed by atoms with Crippen LogP contribution in [-0.4, -0.2) is 42.4 Å². The van der Waals surface area contributed by atoms with Gasteiger partial charge in [0.15, 0.2) is 18.1 Å². The highest BCUT2D eigenvalue weighted by molar-refractivity contribution is 7.12. The number of thiophene rings is 2. The van der Waals surface area contributed by atoms with Crippen molar-refractivity contribution < 1.29 is 23.8 Å². The number of benzene rings is 1. The van der Waals surface area contributed by atoms with E-state index in [0.29, 0.717) is 17.9 Å². The summed E-state index contributed by atoms with van der Waals surface area (Å²) in [6.45, 7) is 3.40. The average molecular weight is 485 g/mol. The van der Waals surface area contributed by atoms with Crippen molar-refractivity contribution in [2.45, 2.75) is 32.4 Å². The van der Waals surface area contributed by atoms with Crippen LogP contribution in [0.25, 0.3) is 0 Å². The first-order valence-corrected chi connectivity index (χ1v) is 12.2. The molecule has 9 heteroatoms. The number of ether oxygens (including phenoxy) is 3. The van der Waals surface area contributed by atoms with Crippen LogP contribution in [0.1, 0.15) is 46.4 Å². The van der Waals surface area contributed by atoms with Gasteiger partial charge < -0.3 is 14.2 Å². The van der Waals surface area contributed by atoms with E-state index >= 15 is 0 Å². The smallest absolute Gasteiger partial charge is 0.338 e. The maximum atomic E-state index is 13.0. The van der Waals surface area contributed by atoms with Crippen molar-refractivity contribution in [1.82, 2.24) is 5.01 Å². The van der Waals surface area contributed by atoms with Crippen LogP contribution in [-0.2, 0) is 9.53 Å². The third-order valence-electron chi connectivity index (χ3n) is 4.93. The third-order valence-corrected chi connectivity index (χ3v) is 6.82. The Morgan fingerprint density at radius 1 is 1.12 bits per heavy atom. The van der Waals surface area contributed by atoms with Gasteiger partial charge in [0.05, 0.1) is 35.4 Å². The number of hydrazone groups is 1. The summed E-state index contributed by atoms with van der Waals surface area (Å²) in [4.78, 5) is 27.7. The fourth-order valence-corrected chi connectivity index (χ4v) is 4.99. The molecule has 2 aromatic heterocycles. The lowest BCUT2D eigenvalue weighted by atomic mass is 10.1. The summed E-state index contributed by atoms with van der Waals surface area (Å²) in [7, 11) is 1.50. The third kappa shape index (κ3) is 5.26. The van der Waals surface area contributed by atoms with Crippen LogP contribution in [0, 0.1) is 0 Å². The lowest BCUT2D eigenvalue weighted by Gasteiger charge is -2.20. The number of methoxy groups -OCH3 is 1. The minimum atomic E-state index is -0.618. The highest BCUT2D eigenvalue weighted by Gasteiger charge is 2.34. The normalized spacial score (nSPS) is 15.5. The Bertz CT molecular complexity index is 1140. The molecule has 0 bridgehead atoms. The minimum absolute atomic E-state index is 0.0364. The van der Waals surface area contributed by atoms with Crippen LogP contribution in [0.4, 0.5) is 0 Å². The monoisotopic (exact) mass is 484 g/mol. The second-order valence-electron chi connectivity index (χ2n) is 7.61. The highest BCUT2D eigenvalue weighted by atomic mass is 32.1. The number of amides is 1. The Morgan fingerprint density at radius 2 is 1.91 bits per heavy atom. The van der Waals surface area contributed by atoms with Crippen LogP contribution in [0.5, 0.6) is 11.5 Å². The molecule has 3 heterocycles. The molecule has 1 aliphatic heterocycles. The Hall–Kier alpha value is -3.17. The molecule has 0 aliphatic carbocycles. The number of esters is 1. The lowest BCUT2D eigenvalue weighted by molar-refractivity contribution is -0.136. The van der Waals surface area contributed by atoms with Crippen molar-refractivity contribution in [3.05, 3.63) is 68.5 Å². The van der Waals surface area contributed by atoms with Gasteiger partial charge in [-0.05, 0) is 54.9 Å². The van der Waals surface area contributed by atoms with Gasteiger partial charge in [0, 0.05) is 11.3 Å². The predicted octanol–water partition coefficient (Wildman–Crippen LogP) is 5.14. The molecule has 1 amide bonds. The van der Waals surface area contributed by atoms with Crippen molar-refractivity contribution >= 4 is 40.3 Å². The summed E-state index contributed by atoms with van der Waals surface area (Å²) in [6, 6.07) is 12.5. The number of carbonyl (C=O) groups excluding carboxylic acids is 2. The molecule has 7 nitrogen and oxygen atoms in total. The van der Waals surface area contributed by atoms with Gasteiger partial charge in [-0.2, -0.15) is 5.10 Å². The number of rotatable bonds is 8. The van der Waals surface area contributed by atoms with Gasteiger partial charge in [-0.1, -0.05) is 12.1 Å². The zero-order chi connectivity index (χ0) is 23.4. The molecule has 0 fully saturated rings. The molecule has 0 N–H and O–H groups in total. The SMILES string of the molecule is COc1cc(C(=O)OCC(=O)N2N=C(c3cccs3)CC2c2cccs2)ccc1OC(C)C. The molecule has 3 aromatic rings. The quantitative estimate of drug-likeness (QED) is 0.414. The van der Waals surface area contributed by atoms with Crippen LogP contribution in [0.15, 0.2) is 58.3 Å². The molecular weight excluding hydrogens is 460 g/mol. The zero-order valence-corrected chi connectivity index (χ0v) is 20.2. The molecule has 1 unspecified atom stereocenters. The standard InChI is InChI=1S/C24H24N2O5S2/c1-15(2)31-19-9-8-16(12-20(19)29-3)24(28)30-14-23(27)26-18(22-7-5-11-33-22)13-17(25-26)21-6-4-10-32-21/h4-12,15,18H,13-14H2,1-3H3. The van der Waals surface area contributed by atoms with Crippen molar-refractivity contribution in [1.29, 1.82) is 0 Å². The largest absolute Gasteiger partial charge is 0.493 e. The first-order valence-electron chi connectivity index (χ1n) is 10.4. The fraction of sp³-hybridized carbons (Fsp3) is 0.292. The Morgan fingerprint density at radius 3 is 2.58 bits per heavy atom. The molecule has 0 spiro atoms. The molecule has 1 aromatic carbocycles. The summed E-state index contributed by atoms with van der Waals surface area (Å²) in [5, 5.41) is 9.97. The van der Waals surface area contributed by atoms with E-state index in [-0.39, 0.29) is 23.6 Å². The van der Waals surface area contributed by atoms with Gasteiger partial charge in [-0.3, -0.25) is 4.79 Å². The Labute approximate surface area is 200 Å². The maximum Gasteiger partial charge on any atom is 0.338 e. The second-order valence-corrected chi connectivity index (χ2v) is 9.53. The van der Waals surface area contributed by atoms with Gasteiger partial charge in [-0.15, -0.1) is 22.7 Å². The number of carbonyl (C=O) groups is 2. The highest BCUT2D eigenvalue weighted by Crippen LogP contribution is 2.36. The Balaban J connectivity index is 1.46. The summed E-state index contributed by atoms with van der Waals surface area (Å²) >= 11 is 3.16. The fourth-order valence-electron chi connectivity index (χ4n) is 3.46. The van der Waals surface area contributed by atoms with E-state index in [9.17, 15) is 9.59 Å². The van der Waals surface area contributed by atoms with Crippen molar-refractivity contribution in [2.75, 3.05) is 13.7 Å². The average Bonchev–Trinajstić information content (AvgIpc) is 3.57. The van der Waals surface area contributed by atoms with E-state index in [1.54, 1.807) is 40.9 Å². The van der Waals surface area contributed by atoms with Crippen molar-refractivity contribution in [3.63, 3.8) is 0 Å². The van der Waals surface area contributed by atoms with Crippen molar-refractivity contribution in [2.24, 2.45) is 5.10 Å². The van der Waals surface area contributed by atoms with Gasteiger partial charge in [0.1, 0.15) is 0 Å². The van der Waals surface area contributed by atoms with Crippen LogP contribution in [0.3, 0.4) is 0 Å². The van der Waals surface area contributed by atoms with Gasteiger partial charge in [0.2, 0.25) is 0 Å². The molecule has 1 atom stereocenters. The van der Waals surface area contributed by atoms with E-state index in [1.165, 1.54) is 12.1 Å². The molecule has 4 rings (SSSR count). The second kappa shape index (κ2) is 10.2. The lowest BCUT2D eigenvalue weighted by Crippen LogP contribution is -2.31. The minimum Gasteiger partial charge on any atom is -0.493 e. The van der Waals surface area contributed by atoms with Crippen LogP contribution >= 0.6 is 22.7 Å².